The molecule has 1 aliphatic heterocycles. The van der Waals surface area contributed by atoms with Gasteiger partial charge < -0.3 is 0 Å². The van der Waals surface area contributed by atoms with Gasteiger partial charge in [0.1, 0.15) is 0 Å². The summed E-state index contributed by atoms with van der Waals surface area (Å²) in [5, 5.41) is 0. The third-order valence-corrected chi connectivity index (χ3v) is 12.6. The van der Waals surface area contributed by atoms with Crippen molar-refractivity contribution in [1.29, 1.82) is 0 Å². The molecule has 0 bridgehead atoms. The highest BCUT2D eigenvalue weighted by molar-refractivity contribution is 5.95. The minimum Gasteiger partial charge on any atom is -0.300 e. The minimum atomic E-state index is -0.460. The van der Waals surface area contributed by atoms with Crippen molar-refractivity contribution >= 4 is 22.8 Å². The van der Waals surface area contributed by atoms with Gasteiger partial charge in [0.05, 0.1) is 5.54 Å². The van der Waals surface area contributed by atoms with Gasteiger partial charge in [-0.1, -0.05) is 144 Å². The molecule has 5 aromatic rings. The van der Waals surface area contributed by atoms with Crippen LogP contribution in [-0.4, -0.2) is 20.5 Å². The van der Waals surface area contributed by atoms with E-state index < -0.39 is 5.54 Å². The van der Waals surface area contributed by atoms with E-state index in [2.05, 4.69) is 156 Å². The first-order valence-electron chi connectivity index (χ1n) is 18.4. The van der Waals surface area contributed by atoms with Gasteiger partial charge in [-0.2, -0.15) is 9.97 Å². The van der Waals surface area contributed by atoms with Gasteiger partial charge in [0.25, 0.3) is 0 Å². The second kappa shape index (κ2) is 10.4. The number of allylic oxidation sites excluding steroid dienone is 6. The molecule has 1 aromatic heterocycles. The molecular weight excluding hydrogens is 621 g/mol. The Balaban J connectivity index is 1.26. The van der Waals surface area contributed by atoms with Crippen molar-refractivity contribution in [2.45, 2.75) is 70.3 Å². The summed E-state index contributed by atoms with van der Waals surface area (Å²) in [6, 6.07) is 34.7. The van der Waals surface area contributed by atoms with Crippen LogP contribution < -0.4 is 4.90 Å². The highest BCUT2D eigenvalue weighted by Crippen LogP contribution is 2.63. The molecule has 4 aromatic carbocycles. The maximum absolute atomic E-state index is 5.35. The third kappa shape index (κ3) is 4.11. The number of anilines is 2. The molecule has 4 nitrogen and oxygen atoms in total. The summed E-state index contributed by atoms with van der Waals surface area (Å²) in [4.78, 5) is 18.2. The second-order valence-corrected chi connectivity index (χ2v) is 16.3. The number of fused-ring (bicyclic) bond motifs is 8. The van der Waals surface area contributed by atoms with Crippen LogP contribution in [0.5, 0.6) is 0 Å². The molecule has 3 unspecified atom stereocenters. The van der Waals surface area contributed by atoms with Crippen LogP contribution in [0.4, 0.5) is 11.6 Å². The summed E-state index contributed by atoms with van der Waals surface area (Å²) >= 11 is 0. The molecular formula is C47H42N4. The van der Waals surface area contributed by atoms with Gasteiger partial charge in [-0.15, -0.1) is 0 Å². The number of rotatable bonds is 3. The van der Waals surface area contributed by atoms with E-state index in [1.807, 2.05) is 12.1 Å². The monoisotopic (exact) mass is 662 g/mol. The molecule has 2 heterocycles. The summed E-state index contributed by atoms with van der Waals surface area (Å²) in [5.74, 6) is 2.62. The zero-order chi connectivity index (χ0) is 34.9. The lowest BCUT2D eigenvalue weighted by atomic mass is 9.71. The fourth-order valence-corrected chi connectivity index (χ4v) is 9.88. The van der Waals surface area contributed by atoms with Crippen LogP contribution in [-0.2, 0) is 10.8 Å². The topological polar surface area (TPSA) is 41.9 Å². The van der Waals surface area contributed by atoms with E-state index >= 15 is 0 Å². The van der Waals surface area contributed by atoms with Gasteiger partial charge >= 0.3 is 0 Å². The molecule has 0 fully saturated rings. The molecule has 0 spiro atoms. The van der Waals surface area contributed by atoms with Crippen LogP contribution in [0.25, 0.3) is 33.9 Å². The van der Waals surface area contributed by atoms with Gasteiger partial charge in [-0.25, -0.2) is 4.98 Å². The van der Waals surface area contributed by atoms with E-state index in [1.165, 1.54) is 55.8 Å². The third-order valence-electron chi connectivity index (χ3n) is 12.6. The van der Waals surface area contributed by atoms with Crippen molar-refractivity contribution in [3.05, 3.63) is 160 Å². The lowest BCUT2D eigenvalue weighted by Gasteiger charge is -2.41. The van der Waals surface area contributed by atoms with Crippen molar-refractivity contribution < 1.29 is 0 Å². The standard InChI is InChI=1S/C47H42N4/c1-28-16-15-23-36-41(28)34-24-33-38-25-32-31-21-13-14-22-35(31)45(2,3)39(32)27-47(38,6)51(40(33)26-37(34)46(36,4)5)44-49-42(29-17-9-7-10-18-29)48-43(50-44)30-19-11-8-12-20-30/h7-15,17-28,38H,16H2,1-6H3. The predicted molar refractivity (Wildman–Crippen MR) is 209 cm³/mol. The van der Waals surface area contributed by atoms with Crippen LogP contribution in [0, 0.1) is 5.92 Å². The van der Waals surface area contributed by atoms with Crippen LogP contribution in [0.2, 0.25) is 0 Å². The largest absolute Gasteiger partial charge is 0.300 e. The number of hydrogen-bond acceptors (Lipinski definition) is 4. The maximum atomic E-state index is 5.35. The van der Waals surface area contributed by atoms with E-state index in [-0.39, 0.29) is 16.7 Å². The summed E-state index contributed by atoms with van der Waals surface area (Å²) in [6.07, 6.45) is 11.0. The minimum absolute atomic E-state index is 0.0952. The van der Waals surface area contributed by atoms with Gasteiger partial charge in [0.2, 0.25) is 5.95 Å². The smallest absolute Gasteiger partial charge is 0.234 e. The molecule has 0 saturated heterocycles. The molecule has 5 aliphatic rings. The fourth-order valence-electron chi connectivity index (χ4n) is 9.88. The summed E-state index contributed by atoms with van der Waals surface area (Å²) < 4.78 is 0. The van der Waals surface area contributed by atoms with Gasteiger partial charge in [-0.05, 0) is 81.5 Å². The molecule has 0 saturated carbocycles. The Hall–Kier alpha value is -5.35. The predicted octanol–water partition coefficient (Wildman–Crippen LogP) is 11.2. The second-order valence-electron chi connectivity index (χ2n) is 16.3. The molecule has 0 radical (unpaired) electrons. The quantitative estimate of drug-likeness (QED) is 0.193. The SMILES string of the molecule is CC1CC=CC2=C1c1cc3c(cc1C2(C)C)N(c1nc(-c2ccccc2)nc(-c2ccccc2)n1)C1(C)C=C2C(=CC31)c1ccccc1C2(C)C. The summed E-state index contributed by atoms with van der Waals surface area (Å²) in [6.45, 7) is 14.3. The summed E-state index contributed by atoms with van der Waals surface area (Å²) in [5.41, 5.74) is 15.1. The van der Waals surface area contributed by atoms with E-state index in [0.717, 1.165) is 17.5 Å². The molecule has 250 valence electrons. The maximum Gasteiger partial charge on any atom is 0.234 e. The van der Waals surface area contributed by atoms with Crippen molar-refractivity contribution in [3.8, 4) is 22.8 Å². The van der Waals surface area contributed by atoms with Crippen molar-refractivity contribution in [3.63, 3.8) is 0 Å². The van der Waals surface area contributed by atoms with E-state index in [4.69, 9.17) is 15.0 Å². The van der Waals surface area contributed by atoms with Crippen molar-refractivity contribution in [2.75, 3.05) is 4.90 Å². The molecule has 0 amide bonds. The Bertz CT molecular complexity index is 2370. The Morgan fingerprint density at radius 1 is 0.686 bits per heavy atom. The number of nitrogens with zero attached hydrogens (tertiary/aromatic N) is 4. The zero-order valence-electron chi connectivity index (χ0n) is 30.2. The average molecular weight is 663 g/mol. The van der Waals surface area contributed by atoms with Crippen LogP contribution >= 0.6 is 0 Å². The van der Waals surface area contributed by atoms with E-state index in [9.17, 15) is 0 Å². The molecule has 4 aliphatic carbocycles. The number of benzene rings is 4. The first-order chi connectivity index (χ1) is 24.6. The average Bonchev–Trinajstić information content (AvgIpc) is 3.63. The normalized spacial score (nSPS) is 24.2. The van der Waals surface area contributed by atoms with Crippen LogP contribution in [0.3, 0.4) is 0 Å². The van der Waals surface area contributed by atoms with Crippen molar-refractivity contribution in [2.24, 2.45) is 5.92 Å². The Morgan fingerprint density at radius 3 is 2.02 bits per heavy atom. The van der Waals surface area contributed by atoms with Gasteiger partial charge in [-0.3, -0.25) is 4.90 Å². The molecule has 10 rings (SSSR count). The van der Waals surface area contributed by atoms with Crippen molar-refractivity contribution in [1.82, 2.24) is 15.0 Å². The Labute approximate surface area is 301 Å². The number of hydrogen-bond donors (Lipinski definition) is 0. The van der Waals surface area contributed by atoms with E-state index in [1.54, 1.807) is 0 Å². The Morgan fingerprint density at radius 2 is 1.33 bits per heavy atom. The van der Waals surface area contributed by atoms with Crippen LogP contribution in [0.15, 0.2) is 133 Å². The first-order valence-corrected chi connectivity index (χ1v) is 18.4. The highest BCUT2D eigenvalue weighted by Gasteiger charge is 2.54. The van der Waals surface area contributed by atoms with E-state index in [0.29, 0.717) is 23.5 Å². The lowest BCUT2D eigenvalue weighted by molar-refractivity contribution is 0.520. The first kappa shape index (κ1) is 30.5. The zero-order valence-corrected chi connectivity index (χ0v) is 30.2. The summed E-state index contributed by atoms with van der Waals surface area (Å²) in [7, 11) is 0. The lowest BCUT2D eigenvalue weighted by Crippen LogP contribution is -2.44. The molecule has 4 heteroatoms. The molecule has 51 heavy (non-hydrogen) atoms. The highest BCUT2D eigenvalue weighted by atomic mass is 15.3. The fraction of sp³-hybridized carbons (Fsp3) is 0.255. The molecule has 3 atom stereocenters. The number of aromatic nitrogens is 3. The molecule has 0 N–H and O–H groups in total. The van der Waals surface area contributed by atoms with Gasteiger partial charge in [0.15, 0.2) is 11.6 Å². The van der Waals surface area contributed by atoms with Gasteiger partial charge in [0, 0.05) is 33.6 Å². The van der Waals surface area contributed by atoms with Crippen LogP contribution in [0.1, 0.15) is 81.7 Å². The Kier molecular flexibility index (Phi) is 6.19.